The van der Waals surface area contributed by atoms with Crippen molar-refractivity contribution in [2.24, 2.45) is 5.92 Å². The van der Waals surface area contributed by atoms with E-state index >= 15 is 0 Å². The summed E-state index contributed by atoms with van der Waals surface area (Å²) in [7, 11) is 0. The zero-order chi connectivity index (χ0) is 13.8. The van der Waals surface area contributed by atoms with Gasteiger partial charge >= 0.3 is 5.97 Å². The molecule has 1 fully saturated rings. The minimum absolute atomic E-state index is 0.188. The van der Waals surface area contributed by atoms with Gasteiger partial charge in [0.1, 0.15) is 0 Å². The van der Waals surface area contributed by atoms with Crippen LogP contribution in [0.2, 0.25) is 0 Å². The van der Waals surface area contributed by atoms with Crippen LogP contribution in [0.1, 0.15) is 44.4 Å². The summed E-state index contributed by atoms with van der Waals surface area (Å²) in [6, 6.07) is 4.77. The van der Waals surface area contributed by atoms with Crippen molar-refractivity contribution in [1.82, 2.24) is 4.90 Å². The second-order valence-electron chi connectivity index (χ2n) is 5.64. The maximum absolute atomic E-state index is 11.5. The number of hydrogen-bond acceptors (Lipinski definition) is 3. The van der Waals surface area contributed by atoms with E-state index in [9.17, 15) is 9.90 Å². The largest absolute Gasteiger partial charge is 0.481 e. The summed E-state index contributed by atoms with van der Waals surface area (Å²) in [5, 5.41) is 11.5. The van der Waals surface area contributed by atoms with Gasteiger partial charge in [-0.25, -0.2) is 0 Å². The Hall–Kier alpha value is -0.870. The Morgan fingerprint density at radius 1 is 1.47 bits per heavy atom. The first kappa shape index (κ1) is 14.5. The topological polar surface area (TPSA) is 40.5 Å². The third-order valence-electron chi connectivity index (χ3n) is 4.05. The predicted octanol–water partition coefficient (Wildman–Crippen LogP) is 3.60. The number of nitrogens with zero attached hydrogens (tertiary/aromatic N) is 1. The van der Waals surface area contributed by atoms with E-state index in [0.717, 1.165) is 32.2 Å². The molecule has 4 heteroatoms. The van der Waals surface area contributed by atoms with Gasteiger partial charge in [0.15, 0.2) is 0 Å². The Labute approximate surface area is 119 Å². The molecule has 1 N–H and O–H groups in total. The van der Waals surface area contributed by atoms with Crippen LogP contribution in [0, 0.1) is 5.92 Å². The maximum Gasteiger partial charge on any atom is 0.308 e. The van der Waals surface area contributed by atoms with E-state index in [1.54, 1.807) is 11.3 Å². The van der Waals surface area contributed by atoms with Crippen molar-refractivity contribution in [2.75, 3.05) is 0 Å². The predicted molar refractivity (Wildman–Crippen MR) is 78.4 cm³/mol. The number of aliphatic carboxylic acids is 1. The van der Waals surface area contributed by atoms with Crippen molar-refractivity contribution < 1.29 is 9.90 Å². The van der Waals surface area contributed by atoms with Gasteiger partial charge in [0.2, 0.25) is 0 Å². The Morgan fingerprint density at radius 2 is 2.21 bits per heavy atom. The van der Waals surface area contributed by atoms with Gasteiger partial charge < -0.3 is 5.11 Å². The number of rotatable bonds is 5. The van der Waals surface area contributed by atoms with E-state index in [1.165, 1.54) is 4.88 Å². The molecule has 0 radical (unpaired) electrons. The van der Waals surface area contributed by atoms with Gasteiger partial charge in [-0.3, -0.25) is 9.69 Å². The molecule has 2 atom stereocenters. The summed E-state index contributed by atoms with van der Waals surface area (Å²) in [5.74, 6) is -0.822. The van der Waals surface area contributed by atoms with Crippen LogP contribution in [0.25, 0.3) is 0 Å². The maximum atomic E-state index is 11.5. The van der Waals surface area contributed by atoms with Crippen molar-refractivity contribution >= 4 is 17.3 Å². The lowest BCUT2D eigenvalue weighted by atomic mass is 9.83. The first-order chi connectivity index (χ1) is 9.09. The van der Waals surface area contributed by atoms with Gasteiger partial charge in [0, 0.05) is 23.5 Å². The van der Waals surface area contributed by atoms with E-state index in [0.29, 0.717) is 6.04 Å². The van der Waals surface area contributed by atoms with Crippen LogP contribution in [0.15, 0.2) is 17.5 Å². The Morgan fingerprint density at radius 3 is 2.79 bits per heavy atom. The standard InChI is InChI=1S/C15H23NO2S/c1-11(2)16(10-12-6-5-9-19-12)14-8-4-3-7-13(14)15(17)18/h5-6,9,11,13-14H,3-4,7-8,10H2,1-2H3,(H,17,18). The minimum atomic E-state index is -0.624. The van der Waals surface area contributed by atoms with Gasteiger partial charge in [0.05, 0.1) is 5.92 Å². The number of thiophene rings is 1. The normalized spacial score (nSPS) is 24.0. The first-order valence-corrected chi connectivity index (χ1v) is 7.98. The molecule has 19 heavy (non-hydrogen) atoms. The van der Waals surface area contributed by atoms with E-state index in [-0.39, 0.29) is 12.0 Å². The Bertz CT molecular complexity index is 402. The van der Waals surface area contributed by atoms with Gasteiger partial charge in [-0.1, -0.05) is 18.9 Å². The highest BCUT2D eigenvalue weighted by Crippen LogP contribution is 2.31. The van der Waals surface area contributed by atoms with Crippen molar-refractivity contribution in [3.63, 3.8) is 0 Å². The summed E-state index contributed by atoms with van der Waals surface area (Å²) in [6.07, 6.45) is 4.05. The monoisotopic (exact) mass is 281 g/mol. The van der Waals surface area contributed by atoms with Crippen molar-refractivity contribution in [3.05, 3.63) is 22.4 Å². The third-order valence-corrected chi connectivity index (χ3v) is 4.92. The highest BCUT2D eigenvalue weighted by molar-refractivity contribution is 7.09. The highest BCUT2D eigenvalue weighted by atomic mass is 32.1. The Kier molecular flexibility index (Phi) is 4.99. The quantitative estimate of drug-likeness (QED) is 0.896. The molecule has 1 heterocycles. The molecule has 106 valence electrons. The van der Waals surface area contributed by atoms with Crippen LogP contribution in [-0.4, -0.2) is 28.1 Å². The average Bonchev–Trinajstić information content (AvgIpc) is 2.88. The van der Waals surface area contributed by atoms with Gasteiger partial charge in [-0.2, -0.15) is 0 Å². The fraction of sp³-hybridized carbons (Fsp3) is 0.667. The zero-order valence-electron chi connectivity index (χ0n) is 11.7. The SMILES string of the molecule is CC(C)N(Cc1cccs1)C1CCCCC1C(=O)O. The van der Waals surface area contributed by atoms with Gasteiger partial charge in [-0.15, -0.1) is 11.3 Å². The van der Waals surface area contributed by atoms with Crippen LogP contribution < -0.4 is 0 Å². The second kappa shape index (κ2) is 6.53. The molecule has 1 aromatic heterocycles. The molecule has 0 aromatic carbocycles. The molecule has 1 aromatic rings. The van der Waals surface area contributed by atoms with E-state index in [2.05, 4.69) is 36.3 Å². The third kappa shape index (κ3) is 3.57. The van der Waals surface area contributed by atoms with E-state index < -0.39 is 5.97 Å². The molecule has 0 bridgehead atoms. The molecule has 3 nitrogen and oxygen atoms in total. The summed E-state index contributed by atoms with van der Waals surface area (Å²) in [4.78, 5) is 15.2. The van der Waals surface area contributed by atoms with Crippen molar-refractivity contribution in [2.45, 2.75) is 58.2 Å². The smallest absolute Gasteiger partial charge is 0.308 e. The van der Waals surface area contributed by atoms with Crippen LogP contribution >= 0.6 is 11.3 Å². The summed E-state index contributed by atoms with van der Waals surface area (Å²) < 4.78 is 0. The van der Waals surface area contributed by atoms with Gasteiger partial charge in [0.25, 0.3) is 0 Å². The van der Waals surface area contributed by atoms with Gasteiger partial charge in [-0.05, 0) is 38.1 Å². The van der Waals surface area contributed by atoms with Crippen molar-refractivity contribution in [1.29, 1.82) is 0 Å². The molecular formula is C15H23NO2S. The molecule has 0 amide bonds. The average molecular weight is 281 g/mol. The van der Waals surface area contributed by atoms with Crippen LogP contribution in [-0.2, 0) is 11.3 Å². The molecule has 0 saturated heterocycles. The lowest BCUT2D eigenvalue weighted by Gasteiger charge is -2.40. The lowest BCUT2D eigenvalue weighted by molar-refractivity contribution is -0.146. The number of carboxylic acids is 1. The summed E-state index contributed by atoms with van der Waals surface area (Å²) in [6.45, 7) is 5.21. The molecule has 0 aliphatic heterocycles. The number of hydrogen-bond donors (Lipinski definition) is 1. The fourth-order valence-electron chi connectivity index (χ4n) is 3.06. The van der Waals surface area contributed by atoms with E-state index in [1.807, 2.05) is 0 Å². The highest BCUT2D eigenvalue weighted by Gasteiger charge is 2.35. The molecule has 1 aliphatic rings. The number of carboxylic acid groups (broad SMARTS) is 1. The molecule has 2 rings (SSSR count). The van der Waals surface area contributed by atoms with Crippen LogP contribution in [0.3, 0.4) is 0 Å². The summed E-state index contributed by atoms with van der Waals surface area (Å²) in [5.41, 5.74) is 0. The summed E-state index contributed by atoms with van der Waals surface area (Å²) >= 11 is 1.75. The lowest BCUT2D eigenvalue weighted by Crippen LogP contribution is -2.48. The fourth-order valence-corrected chi connectivity index (χ4v) is 3.77. The molecule has 0 spiro atoms. The minimum Gasteiger partial charge on any atom is -0.481 e. The molecule has 1 aliphatic carbocycles. The molecule has 1 saturated carbocycles. The van der Waals surface area contributed by atoms with Crippen LogP contribution in [0.5, 0.6) is 0 Å². The first-order valence-electron chi connectivity index (χ1n) is 7.10. The zero-order valence-corrected chi connectivity index (χ0v) is 12.5. The molecular weight excluding hydrogens is 258 g/mol. The second-order valence-corrected chi connectivity index (χ2v) is 6.67. The molecule has 2 unspecified atom stereocenters. The Balaban J connectivity index is 2.14. The van der Waals surface area contributed by atoms with Crippen molar-refractivity contribution in [3.8, 4) is 0 Å². The van der Waals surface area contributed by atoms with Crippen LogP contribution in [0.4, 0.5) is 0 Å². The van der Waals surface area contributed by atoms with E-state index in [4.69, 9.17) is 0 Å². The number of carbonyl (C=O) groups is 1.